The number of pyridine rings is 1. The van der Waals surface area contributed by atoms with Gasteiger partial charge in [-0.15, -0.1) is 0 Å². The smallest absolute Gasteiger partial charge is 0.0888 e. The van der Waals surface area contributed by atoms with Crippen LogP contribution in [0, 0.1) is 5.41 Å². The van der Waals surface area contributed by atoms with Crippen LogP contribution < -0.4 is 0 Å². The maximum atomic E-state index is 6.15. The van der Waals surface area contributed by atoms with Crippen molar-refractivity contribution in [2.24, 2.45) is 5.41 Å². The van der Waals surface area contributed by atoms with Gasteiger partial charge in [0.05, 0.1) is 25.0 Å². The summed E-state index contributed by atoms with van der Waals surface area (Å²) in [5.74, 6) is 0. The molecule has 3 fully saturated rings. The van der Waals surface area contributed by atoms with Crippen molar-refractivity contribution in [3.8, 4) is 0 Å². The van der Waals surface area contributed by atoms with Crippen LogP contribution in [-0.2, 0) is 16.1 Å². The lowest BCUT2D eigenvalue weighted by Crippen LogP contribution is -2.59. The molecule has 4 rings (SSSR count). The molecule has 3 aliphatic rings. The Bertz CT molecular complexity index is 505. The van der Waals surface area contributed by atoms with Crippen molar-refractivity contribution in [3.63, 3.8) is 0 Å². The van der Waals surface area contributed by atoms with Gasteiger partial charge in [0.25, 0.3) is 0 Å². The Morgan fingerprint density at radius 3 is 3.00 bits per heavy atom. The molecular formula is C19H28N2O2. The number of nitrogens with zero attached hydrogens (tertiary/aromatic N) is 2. The van der Waals surface area contributed by atoms with Gasteiger partial charge in [0.1, 0.15) is 0 Å². The summed E-state index contributed by atoms with van der Waals surface area (Å²) in [5, 5.41) is 0. The second-order valence-corrected chi connectivity index (χ2v) is 7.48. The molecule has 1 saturated carbocycles. The molecule has 4 heteroatoms. The van der Waals surface area contributed by atoms with Gasteiger partial charge in [0.2, 0.25) is 0 Å². The van der Waals surface area contributed by atoms with Crippen molar-refractivity contribution in [1.29, 1.82) is 0 Å². The molecule has 1 aliphatic carbocycles. The predicted molar refractivity (Wildman–Crippen MR) is 89.1 cm³/mol. The molecule has 2 saturated heterocycles. The zero-order chi connectivity index (χ0) is 15.5. The number of hydrogen-bond acceptors (Lipinski definition) is 4. The fourth-order valence-corrected chi connectivity index (χ4v) is 4.44. The normalized spacial score (nSPS) is 32.3. The molecule has 23 heavy (non-hydrogen) atoms. The molecule has 2 unspecified atom stereocenters. The molecule has 0 radical (unpaired) electrons. The Morgan fingerprint density at radius 2 is 2.22 bits per heavy atom. The number of likely N-dealkylation sites (tertiary alicyclic amines) is 1. The van der Waals surface area contributed by atoms with Crippen LogP contribution in [0.3, 0.4) is 0 Å². The van der Waals surface area contributed by atoms with Crippen LogP contribution in [0.15, 0.2) is 24.4 Å². The average molecular weight is 316 g/mol. The Morgan fingerprint density at radius 1 is 1.26 bits per heavy atom. The molecule has 1 aromatic rings. The van der Waals surface area contributed by atoms with Gasteiger partial charge in [0.15, 0.2) is 0 Å². The molecule has 126 valence electrons. The van der Waals surface area contributed by atoms with Crippen LogP contribution in [0.1, 0.15) is 44.2 Å². The minimum absolute atomic E-state index is 0.195. The van der Waals surface area contributed by atoms with E-state index in [2.05, 4.69) is 9.88 Å². The quantitative estimate of drug-likeness (QED) is 0.836. The van der Waals surface area contributed by atoms with Crippen LogP contribution in [-0.4, -0.2) is 48.3 Å². The van der Waals surface area contributed by atoms with E-state index in [1.807, 2.05) is 24.4 Å². The van der Waals surface area contributed by atoms with Crippen LogP contribution in [0.5, 0.6) is 0 Å². The molecule has 0 aromatic carbocycles. The second-order valence-electron chi connectivity index (χ2n) is 7.48. The first kappa shape index (κ1) is 15.6. The molecule has 0 spiro atoms. The highest BCUT2D eigenvalue weighted by Gasteiger charge is 2.47. The van der Waals surface area contributed by atoms with Crippen molar-refractivity contribution < 1.29 is 9.47 Å². The standard InChI is InChI=1S/C19H28N2O2/c1-2-10-20-16(5-1)13-22-15-19-9-4-12-23-18(19)8-11-21(14-19)17-6-3-7-17/h1-2,5,10,17-18H,3-4,6-9,11-15H2. The Labute approximate surface area is 139 Å². The summed E-state index contributed by atoms with van der Waals surface area (Å²) in [5.41, 5.74) is 1.21. The summed E-state index contributed by atoms with van der Waals surface area (Å²) in [6.07, 6.45) is 9.98. The van der Waals surface area contributed by atoms with E-state index in [4.69, 9.17) is 9.47 Å². The summed E-state index contributed by atoms with van der Waals surface area (Å²) < 4.78 is 12.3. The third-order valence-electron chi connectivity index (χ3n) is 5.97. The Kier molecular flexibility index (Phi) is 4.65. The molecule has 2 atom stereocenters. The van der Waals surface area contributed by atoms with Crippen molar-refractivity contribution in [2.75, 3.05) is 26.3 Å². The van der Waals surface area contributed by atoms with Crippen LogP contribution in [0.25, 0.3) is 0 Å². The fraction of sp³-hybridized carbons (Fsp3) is 0.737. The lowest BCUT2D eigenvalue weighted by Gasteiger charge is -2.53. The number of piperidine rings is 1. The summed E-state index contributed by atoms with van der Waals surface area (Å²) in [4.78, 5) is 7.08. The third kappa shape index (κ3) is 3.30. The first-order valence-electron chi connectivity index (χ1n) is 9.19. The maximum Gasteiger partial charge on any atom is 0.0888 e. The Balaban J connectivity index is 1.40. The van der Waals surface area contributed by atoms with Crippen LogP contribution in [0.2, 0.25) is 0 Å². The van der Waals surface area contributed by atoms with Gasteiger partial charge < -0.3 is 9.47 Å². The SMILES string of the molecule is c1ccc(COCC23CCCOC2CCN(C2CCC2)C3)nc1. The topological polar surface area (TPSA) is 34.6 Å². The lowest BCUT2D eigenvalue weighted by molar-refractivity contribution is -0.163. The molecule has 2 aliphatic heterocycles. The summed E-state index contributed by atoms with van der Waals surface area (Å²) in [6.45, 7) is 4.70. The first-order valence-corrected chi connectivity index (χ1v) is 9.19. The van der Waals surface area contributed by atoms with Gasteiger partial charge in [-0.1, -0.05) is 12.5 Å². The summed E-state index contributed by atoms with van der Waals surface area (Å²) in [7, 11) is 0. The lowest BCUT2D eigenvalue weighted by atomic mass is 9.72. The molecular weight excluding hydrogens is 288 g/mol. The molecule has 1 aromatic heterocycles. The highest BCUT2D eigenvalue weighted by atomic mass is 16.5. The largest absolute Gasteiger partial charge is 0.377 e. The van der Waals surface area contributed by atoms with Gasteiger partial charge in [0, 0.05) is 37.4 Å². The predicted octanol–water partition coefficient (Wildman–Crippen LogP) is 3.02. The van der Waals surface area contributed by atoms with Crippen molar-refractivity contribution in [3.05, 3.63) is 30.1 Å². The highest BCUT2D eigenvalue weighted by molar-refractivity contribution is 5.03. The van der Waals surface area contributed by atoms with E-state index < -0.39 is 0 Å². The molecule has 0 bridgehead atoms. The number of hydrogen-bond donors (Lipinski definition) is 0. The number of ether oxygens (including phenoxy) is 2. The van der Waals surface area contributed by atoms with Crippen molar-refractivity contribution in [1.82, 2.24) is 9.88 Å². The fourth-order valence-electron chi connectivity index (χ4n) is 4.44. The maximum absolute atomic E-state index is 6.15. The van der Waals surface area contributed by atoms with E-state index in [0.29, 0.717) is 12.7 Å². The van der Waals surface area contributed by atoms with Gasteiger partial charge in [-0.05, 0) is 44.2 Å². The summed E-state index contributed by atoms with van der Waals surface area (Å²) in [6, 6.07) is 6.83. The van der Waals surface area contributed by atoms with E-state index >= 15 is 0 Å². The van der Waals surface area contributed by atoms with E-state index in [1.54, 1.807) is 0 Å². The minimum Gasteiger partial charge on any atom is -0.377 e. The van der Waals surface area contributed by atoms with Crippen LogP contribution >= 0.6 is 0 Å². The van der Waals surface area contributed by atoms with Gasteiger partial charge in [-0.2, -0.15) is 0 Å². The average Bonchev–Trinajstić information content (AvgIpc) is 2.54. The third-order valence-corrected chi connectivity index (χ3v) is 5.97. The molecule has 3 heterocycles. The van der Waals surface area contributed by atoms with E-state index in [9.17, 15) is 0 Å². The minimum atomic E-state index is 0.195. The Hall–Kier alpha value is -0.970. The number of aromatic nitrogens is 1. The first-order chi connectivity index (χ1) is 11.4. The van der Waals surface area contributed by atoms with Crippen molar-refractivity contribution >= 4 is 0 Å². The molecule has 4 nitrogen and oxygen atoms in total. The van der Waals surface area contributed by atoms with Crippen molar-refractivity contribution in [2.45, 2.75) is 57.3 Å². The monoisotopic (exact) mass is 316 g/mol. The summed E-state index contributed by atoms with van der Waals surface area (Å²) >= 11 is 0. The van der Waals surface area contributed by atoms with E-state index in [1.165, 1.54) is 45.1 Å². The van der Waals surface area contributed by atoms with Gasteiger partial charge >= 0.3 is 0 Å². The molecule has 0 N–H and O–H groups in total. The zero-order valence-electron chi connectivity index (χ0n) is 14.0. The highest BCUT2D eigenvalue weighted by Crippen LogP contribution is 2.42. The zero-order valence-corrected chi connectivity index (χ0v) is 14.0. The van der Waals surface area contributed by atoms with E-state index in [-0.39, 0.29) is 5.41 Å². The number of fused-ring (bicyclic) bond motifs is 1. The van der Waals surface area contributed by atoms with Gasteiger partial charge in [-0.25, -0.2) is 0 Å². The van der Waals surface area contributed by atoms with E-state index in [0.717, 1.165) is 31.5 Å². The van der Waals surface area contributed by atoms with Gasteiger partial charge in [-0.3, -0.25) is 9.88 Å². The number of rotatable bonds is 5. The second kappa shape index (κ2) is 6.88. The van der Waals surface area contributed by atoms with Crippen LogP contribution in [0.4, 0.5) is 0 Å². The molecule has 0 amide bonds.